The van der Waals surface area contributed by atoms with Crippen molar-refractivity contribution in [2.24, 2.45) is 0 Å². The van der Waals surface area contributed by atoms with E-state index in [1.54, 1.807) is 26.0 Å². The Bertz CT molecular complexity index is 695. The minimum Gasteiger partial charge on any atom is -0.492 e. The van der Waals surface area contributed by atoms with Crippen LogP contribution >= 0.6 is 0 Å². The standard InChI is InChI=1S/C18H20O6/c1-18(2)23-16-15(20)13(22-17(16)24-18)6-4-10-3-5-11-12(19)7-8-21-14(11)9-10/h3-6,9,13,15-17,20H,7-8H2,1-2H3/b6-4+/t13-,15+,16-,17-/m1/s1. The van der Waals surface area contributed by atoms with Crippen LogP contribution in [0.15, 0.2) is 24.3 Å². The highest BCUT2D eigenvalue weighted by atomic mass is 16.8. The van der Waals surface area contributed by atoms with Gasteiger partial charge in [0.25, 0.3) is 0 Å². The van der Waals surface area contributed by atoms with Crippen molar-refractivity contribution < 1.29 is 28.8 Å². The summed E-state index contributed by atoms with van der Waals surface area (Å²) in [5.74, 6) is -0.0365. The average Bonchev–Trinajstić information content (AvgIpc) is 2.98. The number of benzene rings is 1. The summed E-state index contributed by atoms with van der Waals surface area (Å²) in [4.78, 5) is 11.8. The maximum atomic E-state index is 11.8. The molecule has 0 unspecified atom stereocenters. The summed E-state index contributed by atoms with van der Waals surface area (Å²) < 4.78 is 22.5. The molecule has 24 heavy (non-hydrogen) atoms. The Morgan fingerprint density at radius 3 is 2.92 bits per heavy atom. The third-order valence-corrected chi connectivity index (χ3v) is 4.42. The number of rotatable bonds is 2. The fraction of sp³-hybridized carbons (Fsp3) is 0.500. The van der Waals surface area contributed by atoms with Crippen LogP contribution in [0.25, 0.3) is 6.08 Å². The van der Waals surface area contributed by atoms with E-state index in [0.717, 1.165) is 5.56 Å². The minimum atomic E-state index is -0.788. The molecule has 0 aliphatic carbocycles. The van der Waals surface area contributed by atoms with Gasteiger partial charge in [0.2, 0.25) is 0 Å². The summed E-state index contributed by atoms with van der Waals surface area (Å²) in [6.45, 7) is 4.00. The maximum absolute atomic E-state index is 11.8. The first-order valence-corrected chi connectivity index (χ1v) is 8.10. The van der Waals surface area contributed by atoms with Crippen LogP contribution < -0.4 is 4.74 Å². The van der Waals surface area contributed by atoms with Gasteiger partial charge >= 0.3 is 0 Å². The number of aliphatic hydroxyl groups is 1. The normalized spacial score (nSPS) is 34.2. The molecule has 0 aromatic heterocycles. The molecule has 128 valence electrons. The van der Waals surface area contributed by atoms with Crippen LogP contribution in [0.4, 0.5) is 0 Å². The lowest BCUT2D eigenvalue weighted by Gasteiger charge is -2.21. The Morgan fingerprint density at radius 2 is 2.12 bits per heavy atom. The number of carbonyl (C=O) groups excluding carboxylic acids is 1. The van der Waals surface area contributed by atoms with Gasteiger partial charge in [-0.1, -0.05) is 18.2 Å². The molecule has 0 radical (unpaired) electrons. The molecule has 1 aromatic rings. The molecule has 3 heterocycles. The van der Waals surface area contributed by atoms with E-state index < -0.39 is 30.4 Å². The summed E-state index contributed by atoms with van der Waals surface area (Å²) in [5.41, 5.74) is 1.49. The van der Waals surface area contributed by atoms with Crippen LogP contribution in [0.2, 0.25) is 0 Å². The second-order valence-corrected chi connectivity index (χ2v) is 6.70. The Kier molecular flexibility index (Phi) is 3.73. The van der Waals surface area contributed by atoms with Crippen LogP contribution in [0.5, 0.6) is 5.75 Å². The van der Waals surface area contributed by atoms with Gasteiger partial charge in [-0.25, -0.2) is 0 Å². The number of carbonyl (C=O) groups is 1. The van der Waals surface area contributed by atoms with Gasteiger partial charge in [-0.2, -0.15) is 0 Å². The molecule has 4 rings (SSSR count). The SMILES string of the molecule is CC1(C)O[C@H]2O[C@H](/C=C/c3ccc4c(c3)OCCC4=O)[C@H](O)[C@H]2O1. The third kappa shape index (κ3) is 2.75. The number of fused-ring (bicyclic) bond motifs is 2. The molecular weight excluding hydrogens is 312 g/mol. The van der Waals surface area contributed by atoms with E-state index in [2.05, 4.69) is 0 Å². The Hall–Kier alpha value is -1.73. The molecule has 3 aliphatic heterocycles. The topological polar surface area (TPSA) is 74.2 Å². The summed E-state index contributed by atoms with van der Waals surface area (Å²) in [5, 5.41) is 10.3. The van der Waals surface area contributed by atoms with E-state index >= 15 is 0 Å². The van der Waals surface area contributed by atoms with E-state index in [1.165, 1.54) is 0 Å². The van der Waals surface area contributed by atoms with Gasteiger partial charge in [0.1, 0.15) is 24.1 Å². The van der Waals surface area contributed by atoms with E-state index in [9.17, 15) is 9.90 Å². The lowest BCUT2D eigenvalue weighted by atomic mass is 10.0. The van der Waals surface area contributed by atoms with E-state index in [-0.39, 0.29) is 5.78 Å². The fourth-order valence-corrected chi connectivity index (χ4v) is 3.26. The van der Waals surface area contributed by atoms with E-state index in [0.29, 0.717) is 24.3 Å². The van der Waals surface area contributed by atoms with Crippen molar-refractivity contribution in [2.45, 2.75) is 50.7 Å². The van der Waals surface area contributed by atoms with Gasteiger partial charge in [0, 0.05) is 6.42 Å². The molecule has 2 saturated heterocycles. The monoisotopic (exact) mass is 332 g/mol. The number of ether oxygens (including phenoxy) is 4. The van der Waals surface area contributed by atoms with Crippen LogP contribution in [0.1, 0.15) is 36.2 Å². The Labute approximate surface area is 140 Å². The zero-order chi connectivity index (χ0) is 16.9. The smallest absolute Gasteiger partial charge is 0.190 e. The van der Waals surface area contributed by atoms with Crippen molar-refractivity contribution in [1.82, 2.24) is 0 Å². The molecule has 0 spiro atoms. The van der Waals surface area contributed by atoms with E-state index in [4.69, 9.17) is 18.9 Å². The predicted molar refractivity (Wildman–Crippen MR) is 84.6 cm³/mol. The number of ketones is 1. The van der Waals surface area contributed by atoms with Crippen molar-refractivity contribution in [3.63, 3.8) is 0 Å². The Balaban J connectivity index is 1.48. The third-order valence-electron chi connectivity index (χ3n) is 4.42. The minimum absolute atomic E-state index is 0.103. The van der Waals surface area contributed by atoms with Crippen LogP contribution in [0, 0.1) is 0 Å². The van der Waals surface area contributed by atoms with Crippen molar-refractivity contribution >= 4 is 11.9 Å². The molecule has 0 amide bonds. The fourth-order valence-electron chi connectivity index (χ4n) is 3.26. The van der Waals surface area contributed by atoms with Gasteiger partial charge in [-0.05, 0) is 31.5 Å². The number of Topliss-reactive ketones (excluding diaryl/α,β-unsaturated/α-hetero) is 1. The average molecular weight is 332 g/mol. The quantitative estimate of drug-likeness (QED) is 0.892. The van der Waals surface area contributed by atoms with Gasteiger partial charge in [0.05, 0.1) is 12.2 Å². The lowest BCUT2D eigenvalue weighted by Crippen LogP contribution is -2.33. The summed E-state index contributed by atoms with van der Waals surface area (Å²) in [6.07, 6.45) is 1.69. The van der Waals surface area contributed by atoms with Crippen molar-refractivity contribution in [2.75, 3.05) is 6.61 Å². The second-order valence-electron chi connectivity index (χ2n) is 6.70. The zero-order valence-corrected chi connectivity index (χ0v) is 13.6. The highest BCUT2D eigenvalue weighted by molar-refractivity contribution is 5.99. The zero-order valence-electron chi connectivity index (χ0n) is 13.6. The highest BCUT2D eigenvalue weighted by Gasteiger charge is 2.53. The lowest BCUT2D eigenvalue weighted by molar-refractivity contribution is -0.209. The molecule has 4 atom stereocenters. The summed E-state index contributed by atoms with van der Waals surface area (Å²) in [6, 6.07) is 5.44. The number of hydrogen-bond acceptors (Lipinski definition) is 6. The van der Waals surface area contributed by atoms with Gasteiger partial charge in [-0.3, -0.25) is 4.79 Å². The molecule has 1 N–H and O–H groups in total. The number of aliphatic hydroxyl groups excluding tert-OH is 1. The van der Waals surface area contributed by atoms with Crippen LogP contribution in [-0.4, -0.2) is 47.9 Å². The molecule has 0 bridgehead atoms. The van der Waals surface area contributed by atoms with Crippen molar-refractivity contribution in [3.8, 4) is 5.75 Å². The first kappa shape index (κ1) is 15.8. The molecular formula is C18H20O6. The molecule has 6 nitrogen and oxygen atoms in total. The first-order valence-electron chi connectivity index (χ1n) is 8.10. The molecule has 0 saturated carbocycles. The van der Waals surface area contributed by atoms with Gasteiger partial charge < -0.3 is 24.1 Å². The van der Waals surface area contributed by atoms with E-state index in [1.807, 2.05) is 18.2 Å². The van der Waals surface area contributed by atoms with Crippen LogP contribution in [0.3, 0.4) is 0 Å². The summed E-state index contributed by atoms with van der Waals surface area (Å²) >= 11 is 0. The first-order chi connectivity index (χ1) is 11.4. The molecule has 1 aromatic carbocycles. The highest BCUT2D eigenvalue weighted by Crippen LogP contribution is 2.38. The van der Waals surface area contributed by atoms with Gasteiger partial charge in [0.15, 0.2) is 17.9 Å². The van der Waals surface area contributed by atoms with Gasteiger partial charge in [-0.15, -0.1) is 0 Å². The predicted octanol–water partition coefficient (Wildman–Crippen LogP) is 1.90. The molecule has 6 heteroatoms. The van der Waals surface area contributed by atoms with Crippen molar-refractivity contribution in [1.29, 1.82) is 0 Å². The van der Waals surface area contributed by atoms with Crippen molar-refractivity contribution in [3.05, 3.63) is 35.4 Å². The largest absolute Gasteiger partial charge is 0.492 e. The Morgan fingerprint density at radius 1 is 1.29 bits per heavy atom. The summed E-state index contributed by atoms with van der Waals surface area (Å²) in [7, 11) is 0. The molecule has 2 fully saturated rings. The molecule has 3 aliphatic rings. The van der Waals surface area contributed by atoms with Crippen LogP contribution in [-0.2, 0) is 14.2 Å². The maximum Gasteiger partial charge on any atom is 0.190 e. The second kappa shape index (κ2) is 5.67. The number of hydrogen-bond donors (Lipinski definition) is 1.